The van der Waals surface area contributed by atoms with Crippen LogP contribution in [0.3, 0.4) is 0 Å². The summed E-state index contributed by atoms with van der Waals surface area (Å²) >= 11 is 0. The van der Waals surface area contributed by atoms with Crippen molar-refractivity contribution in [2.24, 2.45) is 5.92 Å². The van der Waals surface area contributed by atoms with Crippen molar-refractivity contribution in [1.82, 2.24) is 4.31 Å². The molecule has 0 atom stereocenters. The lowest BCUT2D eigenvalue weighted by atomic mass is 10.0. The van der Waals surface area contributed by atoms with E-state index in [1.165, 1.54) is 4.31 Å². The Hall–Kier alpha value is -0.640. The van der Waals surface area contributed by atoms with Gasteiger partial charge in [0.2, 0.25) is 10.0 Å². The quantitative estimate of drug-likeness (QED) is 0.666. The fraction of sp³-hybridized carbons (Fsp3) is 0.900. The summed E-state index contributed by atoms with van der Waals surface area (Å²) < 4.78 is 30.0. The number of sulfonamides is 1. The second-order valence-corrected chi connectivity index (χ2v) is 6.05. The number of hydrogen-bond donors (Lipinski definition) is 0. The molecular formula is C10H18N2O3S. The number of nitrogens with zero attached hydrogens (tertiary/aromatic N) is 2. The molecule has 0 spiro atoms. The van der Waals surface area contributed by atoms with E-state index in [0.29, 0.717) is 39.0 Å². The van der Waals surface area contributed by atoms with Gasteiger partial charge in [0.1, 0.15) is 0 Å². The fourth-order valence-electron chi connectivity index (χ4n) is 1.78. The maximum Gasteiger partial charge on any atom is 0.214 e. The zero-order valence-corrected chi connectivity index (χ0v) is 10.4. The minimum Gasteiger partial charge on any atom is -0.385 e. The van der Waals surface area contributed by atoms with Gasteiger partial charge in [-0.15, -0.1) is 0 Å². The highest BCUT2D eigenvalue weighted by Gasteiger charge is 2.27. The van der Waals surface area contributed by atoms with Gasteiger partial charge in [-0.1, -0.05) is 0 Å². The van der Waals surface area contributed by atoms with Gasteiger partial charge in [0, 0.05) is 32.7 Å². The van der Waals surface area contributed by atoms with Crippen LogP contribution in [0.2, 0.25) is 0 Å². The number of hydrogen-bond acceptors (Lipinski definition) is 4. The summed E-state index contributed by atoms with van der Waals surface area (Å²) in [5.74, 6) is 0.156. The normalized spacial score (nSPS) is 19.5. The molecule has 0 amide bonds. The Kier molecular flexibility index (Phi) is 5.19. The van der Waals surface area contributed by atoms with Crippen LogP contribution in [0.25, 0.3) is 0 Å². The van der Waals surface area contributed by atoms with Crippen molar-refractivity contribution in [3.05, 3.63) is 0 Å². The standard InChI is InChI=1S/C10H18N2O3S/c1-15-7-2-8-16(13,14)12-5-3-10(9-11)4-6-12/h10H,2-8H2,1H3. The second-order valence-electron chi connectivity index (χ2n) is 3.96. The summed E-state index contributed by atoms with van der Waals surface area (Å²) in [5.41, 5.74) is 0. The maximum absolute atomic E-state index is 11.8. The highest BCUT2D eigenvalue weighted by molar-refractivity contribution is 7.89. The molecule has 0 aromatic carbocycles. The first-order chi connectivity index (χ1) is 7.60. The highest BCUT2D eigenvalue weighted by atomic mass is 32.2. The molecule has 1 heterocycles. The number of rotatable bonds is 5. The van der Waals surface area contributed by atoms with Crippen LogP contribution in [0, 0.1) is 17.2 Å². The topological polar surface area (TPSA) is 70.4 Å². The minimum atomic E-state index is -3.14. The molecule has 0 radical (unpaired) electrons. The Morgan fingerprint density at radius 1 is 1.44 bits per heavy atom. The van der Waals surface area contributed by atoms with Crippen LogP contribution < -0.4 is 0 Å². The van der Waals surface area contributed by atoms with Crippen molar-refractivity contribution < 1.29 is 13.2 Å². The zero-order chi connectivity index (χ0) is 12.0. The van der Waals surface area contributed by atoms with Gasteiger partial charge in [-0.3, -0.25) is 0 Å². The Morgan fingerprint density at radius 2 is 2.06 bits per heavy atom. The van der Waals surface area contributed by atoms with Crippen molar-refractivity contribution in [2.45, 2.75) is 19.3 Å². The first kappa shape index (κ1) is 13.4. The van der Waals surface area contributed by atoms with E-state index in [0.717, 1.165) is 0 Å². The van der Waals surface area contributed by atoms with Crippen LogP contribution in [0.5, 0.6) is 0 Å². The summed E-state index contributed by atoms with van der Waals surface area (Å²) in [7, 11) is -1.58. The lowest BCUT2D eigenvalue weighted by Crippen LogP contribution is -2.39. The third-order valence-corrected chi connectivity index (χ3v) is 4.74. The lowest BCUT2D eigenvalue weighted by molar-refractivity contribution is 0.199. The Labute approximate surface area is 97.0 Å². The highest BCUT2D eigenvalue weighted by Crippen LogP contribution is 2.19. The van der Waals surface area contributed by atoms with Crippen LogP contribution in [0.1, 0.15) is 19.3 Å². The van der Waals surface area contributed by atoms with Crippen molar-refractivity contribution >= 4 is 10.0 Å². The second kappa shape index (κ2) is 6.18. The predicted molar refractivity (Wildman–Crippen MR) is 60.2 cm³/mol. The van der Waals surface area contributed by atoms with Crippen molar-refractivity contribution in [3.63, 3.8) is 0 Å². The zero-order valence-electron chi connectivity index (χ0n) is 9.55. The Balaban J connectivity index is 2.43. The summed E-state index contributed by atoms with van der Waals surface area (Å²) in [6.45, 7) is 1.43. The van der Waals surface area contributed by atoms with Crippen LogP contribution in [-0.2, 0) is 14.8 Å². The average Bonchev–Trinajstić information content (AvgIpc) is 2.29. The molecule has 0 aliphatic carbocycles. The van der Waals surface area contributed by atoms with Crippen molar-refractivity contribution in [2.75, 3.05) is 32.6 Å². The van der Waals surface area contributed by atoms with E-state index in [-0.39, 0.29) is 11.7 Å². The van der Waals surface area contributed by atoms with Crippen molar-refractivity contribution in [1.29, 1.82) is 5.26 Å². The molecule has 0 N–H and O–H groups in total. The number of piperidine rings is 1. The van der Waals surface area contributed by atoms with Gasteiger partial charge < -0.3 is 4.74 Å². The molecule has 16 heavy (non-hydrogen) atoms. The molecule has 1 fully saturated rings. The van der Waals surface area contributed by atoms with Crippen LogP contribution in [0.4, 0.5) is 0 Å². The Morgan fingerprint density at radius 3 is 2.56 bits per heavy atom. The first-order valence-electron chi connectivity index (χ1n) is 5.46. The molecule has 1 aliphatic rings. The monoisotopic (exact) mass is 246 g/mol. The fourth-order valence-corrected chi connectivity index (χ4v) is 3.29. The van der Waals surface area contributed by atoms with E-state index in [1.807, 2.05) is 0 Å². The molecule has 0 unspecified atom stereocenters. The average molecular weight is 246 g/mol. The molecule has 1 aliphatic heterocycles. The van der Waals surface area contributed by atoms with E-state index in [9.17, 15) is 8.42 Å². The molecule has 1 saturated heterocycles. The molecule has 0 saturated carbocycles. The van der Waals surface area contributed by atoms with Gasteiger partial charge in [0.05, 0.1) is 11.8 Å². The van der Waals surface area contributed by atoms with Crippen LogP contribution in [-0.4, -0.2) is 45.3 Å². The van der Waals surface area contributed by atoms with Gasteiger partial charge in [-0.2, -0.15) is 5.26 Å². The predicted octanol–water partition coefficient (Wildman–Crippen LogP) is 0.588. The van der Waals surface area contributed by atoms with E-state index in [1.54, 1.807) is 7.11 Å². The molecule has 0 bridgehead atoms. The summed E-state index contributed by atoms with van der Waals surface area (Å²) in [4.78, 5) is 0. The van der Waals surface area contributed by atoms with E-state index >= 15 is 0 Å². The maximum atomic E-state index is 11.8. The van der Waals surface area contributed by atoms with Gasteiger partial charge in [0.25, 0.3) is 0 Å². The summed E-state index contributed by atoms with van der Waals surface area (Å²) in [6.07, 6.45) is 1.83. The number of methoxy groups -OCH3 is 1. The SMILES string of the molecule is COCCCS(=O)(=O)N1CCC(C#N)CC1. The van der Waals surface area contributed by atoms with E-state index in [2.05, 4.69) is 6.07 Å². The van der Waals surface area contributed by atoms with Crippen LogP contribution >= 0.6 is 0 Å². The largest absolute Gasteiger partial charge is 0.385 e. The molecule has 0 aromatic heterocycles. The van der Waals surface area contributed by atoms with Gasteiger partial charge in [0.15, 0.2) is 0 Å². The Bertz CT molecular complexity index is 340. The van der Waals surface area contributed by atoms with Crippen LogP contribution in [0.15, 0.2) is 0 Å². The summed E-state index contributed by atoms with van der Waals surface area (Å²) in [6, 6.07) is 2.19. The van der Waals surface area contributed by atoms with E-state index < -0.39 is 10.0 Å². The number of nitriles is 1. The first-order valence-corrected chi connectivity index (χ1v) is 7.07. The third kappa shape index (κ3) is 3.74. The summed E-state index contributed by atoms with van der Waals surface area (Å²) in [5, 5.41) is 8.72. The van der Waals surface area contributed by atoms with E-state index in [4.69, 9.17) is 10.00 Å². The van der Waals surface area contributed by atoms with Crippen molar-refractivity contribution in [3.8, 4) is 6.07 Å². The van der Waals surface area contributed by atoms with Gasteiger partial charge in [-0.25, -0.2) is 12.7 Å². The minimum absolute atomic E-state index is 0.0189. The molecule has 0 aromatic rings. The molecule has 1 rings (SSSR count). The smallest absolute Gasteiger partial charge is 0.214 e. The van der Waals surface area contributed by atoms with Gasteiger partial charge >= 0.3 is 0 Å². The molecular weight excluding hydrogens is 228 g/mol. The lowest BCUT2D eigenvalue weighted by Gasteiger charge is -2.28. The molecule has 5 nitrogen and oxygen atoms in total. The van der Waals surface area contributed by atoms with Gasteiger partial charge in [-0.05, 0) is 19.3 Å². The molecule has 92 valence electrons. The molecule has 6 heteroatoms. The number of ether oxygens (including phenoxy) is 1. The third-order valence-electron chi connectivity index (χ3n) is 2.78.